The third-order valence-electron chi connectivity index (χ3n) is 3.28. The molecule has 0 aromatic heterocycles. The molecule has 1 aliphatic rings. The molecule has 0 saturated carbocycles. The largest absolute Gasteiger partial charge is 0.445 e. The van der Waals surface area contributed by atoms with Crippen molar-refractivity contribution in [2.24, 2.45) is 5.11 Å². The molecule has 0 N–H and O–H groups in total. The van der Waals surface area contributed by atoms with Crippen LogP contribution in [0.3, 0.4) is 0 Å². The van der Waals surface area contributed by atoms with E-state index in [-0.39, 0.29) is 19.8 Å². The quantitative estimate of drug-likeness (QED) is 0.362. The van der Waals surface area contributed by atoms with Gasteiger partial charge in [0.25, 0.3) is 0 Å². The van der Waals surface area contributed by atoms with E-state index in [0.29, 0.717) is 6.54 Å². The molecular weight excluding hydrogens is 284 g/mol. The van der Waals surface area contributed by atoms with Crippen LogP contribution >= 0.6 is 0 Å². The Kier molecular flexibility index (Phi) is 5.66. The smallest absolute Gasteiger partial charge is 0.410 e. The highest BCUT2D eigenvalue weighted by Crippen LogP contribution is 2.18. The number of nitrogens with zero attached hydrogens (tertiary/aromatic N) is 4. The summed E-state index contributed by atoms with van der Waals surface area (Å²) in [6.07, 6.45) is 4.28. The van der Waals surface area contributed by atoms with Crippen LogP contribution in [0.25, 0.3) is 10.4 Å². The van der Waals surface area contributed by atoms with Gasteiger partial charge in [-0.15, -0.1) is 6.42 Å². The standard InChI is InChI=1S/C15H16N4O3/c1-2-8-21-14-10-19(9-13(14)17-18-16)15(20)22-11-12-6-4-3-5-7-12/h1,3-7,13-14H,8-11H2. The van der Waals surface area contributed by atoms with Crippen molar-refractivity contribution >= 4 is 6.09 Å². The summed E-state index contributed by atoms with van der Waals surface area (Å²) < 4.78 is 10.7. The number of carbonyl (C=O) groups is 1. The Morgan fingerprint density at radius 1 is 1.45 bits per heavy atom. The molecule has 1 saturated heterocycles. The second-order valence-electron chi connectivity index (χ2n) is 4.77. The van der Waals surface area contributed by atoms with Crippen LogP contribution in [-0.2, 0) is 16.1 Å². The summed E-state index contributed by atoms with van der Waals surface area (Å²) in [5.74, 6) is 2.36. The van der Waals surface area contributed by atoms with E-state index >= 15 is 0 Å². The first-order valence-corrected chi connectivity index (χ1v) is 6.79. The van der Waals surface area contributed by atoms with Crippen molar-refractivity contribution < 1.29 is 14.3 Å². The maximum atomic E-state index is 12.1. The molecule has 7 nitrogen and oxygen atoms in total. The molecular formula is C15H16N4O3. The first-order valence-electron chi connectivity index (χ1n) is 6.79. The van der Waals surface area contributed by atoms with Crippen molar-refractivity contribution in [3.63, 3.8) is 0 Å². The molecule has 1 amide bonds. The Balaban J connectivity index is 1.90. The van der Waals surface area contributed by atoms with E-state index < -0.39 is 18.2 Å². The van der Waals surface area contributed by atoms with Crippen LogP contribution in [0.5, 0.6) is 0 Å². The zero-order chi connectivity index (χ0) is 15.8. The van der Waals surface area contributed by atoms with Crippen molar-refractivity contribution in [3.05, 3.63) is 46.3 Å². The minimum Gasteiger partial charge on any atom is -0.445 e. The molecule has 2 atom stereocenters. The number of amides is 1. The number of carbonyl (C=O) groups excluding carboxylic acids is 1. The third kappa shape index (κ3) is 4.16. The second-order valence-corrected chi connectivity index (χ2v) is 4.77. The summed E-state index contributed by atoms with van der Waals surface area (Å²) in [4.78, 5) is 16.3. The highest BCUT2D eigenvalue weighted by atomic mass is 16.6. The minimum absolute atomic E-state index is 0.106. The lowest BCUT2D eigenvalue weighted by molar-refractivity contribution is 0.0672. The van der Waals surface area contributed by atoms with Crippen LogP contribution in [0, 0.1) is 12.3 Å². The predicted molar refractivity (Wildman–Crippen MR) is 79.7 cm³/mol. The molecule has 1 aliphatic heterocycles. The van der Waals surface area contributed by atoms with Gasteiger partial charge >= 0.3 is 6.09 Å². The molecule has 1 aromatic carbocycles. The zero-order valence-electron chi connectivity index (χ0n) is 12.0. The van der Waals surface area contributed by atoms with E-state index in [1.54, 1.807) is 0 Å². The SMILES string of the molecule is C#CCOC1CN(C(=O)OCc2ccccc2)CC1N=[N+]=[N-]. The van der Waals surface area contributed by atoms with Gasteiger partial charge in [0.05, 0.1) is 18.7 Å². The van der Waals surface area contributed by atoms with E-state index in [1.807, 2.05) is 30.3 Å². The van der Waals surface area contributed by atoms with E-state index in [0.717, 1.165) is 5.56 Å². The van der Waals surface area contributed by atoms with Crippen LogP contribution in [0.2, 0.25) is 0 Å². The van der Waals surface area contributed by atoms with Gasteiger partial charge in [0.2, 0.25) is 0 Å². The van der Waals surface area contributed by atoms with Gasteiger partial charge in [-0.1, -0.05) is 41.4 Å². The summed E-state index contributed by atoms with van der Waals surface area (Å²) in [6.45, 7) is 0.846. The highest BCUT2D eigenvalue weighted by Gasteiger charge is 2.36. The van der Waals surface area contributed by atoms with Crippen molar-refractivity contribution in [2.45, 2.75) is 18.8 Å². The fourth-order valence-corrected chi connectivity index (χ4v) is 2.21. The van der Waals surface area contributed by atoms with Gasteiger partial charge in [0.15, 0.2) is 0 Å². The molecule has 2 unspecified atom stereocenters. The lowest BCUT2D eigenvalue weighted by Gasteiger charge is -2.16. The summed E-state index contributed by atoms with van der Waals surface area (Å²) in [5.41, 5.74) is 9.48. The van der Waals surface area contributed by atoms with E-state index in [2.05, 4.69) is 15.9 Å². The molecule has 2 rings (SSSR count). The predicted octanol–water partition coefficient (Wildman–Crippen LogP) is 2.34. The molecule has 1 heterocycles. The summed E-state index contributed by atoms with van der Waals surface area (Å²) in [5, 5.41) is 3.65. The number of rotatable bonds is 5. The molecule has 114 valence electrons. The van der Waals surface area contributed by atoms with Crippen molar-refractivity contribution in [3.8, 4) is 12.3 Å². The molecule has 0 bridgehead atoms. The van der Waals surface area contributed by atoms with Crippen LogP contribution in [0.1, 0.15) is 5.56 Å². The number of likely N-dealkylation sites (tertiary alicyclic amines) is 1. The average molecular weight is 300 g/mol. The molecule has 22 heavy (non-hydrogen) atoms. The molecule has 0 spiro atoms. The molecule has 0 radical (unpaired) electrons. The Bertz CT molecular complexity index is 593. The van der Waals surface area contributed by atoms with Gasteiger partial charge in [-0.2, -0.15) is 0 Å². The second kappa shape index (κ2) is 7.93. The summed E-state index contributed by atoms with van der Waals surface area (Å²) >= 11 is 0. The highest BCUT2D eigenvalue weighted by molar-refractivity contribution is 5.68. The number of hydrogen-bond acceptors (Lipinski definition) is 4. The third-order valence-corrected chi connectivity index (χ3v) is 3.28. The van der Waals surface area contributed by atoms with Gasteiger partial charge < -0.3 is 14.4 Å². The number of benzene rings is 1. The average Bonchev–Trinajstić information content (AvgIpc) is 2.95. The van der Waals surface area contributed by atoms with E-state index in [9.17, 15) is 4.79 Å². The monoisotopic (exact) mass is 300 g/mol. The first kappa shape index (κ1) is 15.7. The minimum atomic E-state index is -0.464. The van der Waals surface area contributed by atoms with E-state index in [1.165, 1.54) is 4.90 Å². The first-order chi connectivity index (χ1) is 10.7. The maximum Gasteiger partial charge on any atom is 0.410 e. The van der Waals surface area contributed by atoms with Crippen LogP contribution < -0.4 is 0 Å². The number of hydrogen-bond donors (Lipinski definition) is 0. The molecule has 7 heteroatoms. The molecule has 1 aromatic rings. The lowest BCUT2D eigenvalue weighted by atomic mass is 10.2. The van der Waals surface area contributed by atoms with Gasteiger partial charge in [0, 0.05) is 11.5 Å². The topological polar surface area (TPSA) is 87.5 Å². The summed E-state index contributed by atoms with van der Waals surface area (Å²) in [7, 11) is 0. The fraction of sp³-hybridized carbons (Fsp3) is 0.400. The maximum absolute atomic E-state index is 12.1. The lowest BCUT2D eigenvalue weighted by Crippen LogP contribution is -2.30. The normalized spacial score (nSPS) is 20.0. The number of terminal acetylenes is 1. The van der Waals surface area contributed by atoms with Crippen LogP contribution in [0.15, 0.2) is 35.4 Å². The van der Waals surface area contributed by atoms with Gasteiger partial charge in [-0.3, -0.25) is 0 Å². The van der Waals surface area contributed by atoms with Gasteiger partial charge in [-0.05, 0) is 11.1 Å². The van der Waals surface area contributed by atoms with Crippen molar-refractivity contribution in [1.29, 1.82) is 0 Å². The Morgan fingerprint density at radius 2 is 2.23 bits per heavy atom. The number of ether oxygens (including phenoxy) is 2. The van der Waals surface area contributed by atoms with Gasteiger partial charge in [-0.25, -0.2) is 4.79 Å². The zero-order valence-corrected chi connectivity index (χ0v) is 12.0. The summed E-state index contributed by atoms with van der Waals surface area (Å²) in [6, 6.07) is 8.94. The van der Waals surface area contributed by atoms with Crippen LogP contribution in [0.4, 0.5) is 4.79 Å². The van der Waals surface area contributed by atoms with Crippen molar-refractivity contribution in [2.75, 3.05) is 19.7 Å². The van der Waals surface area contributed by atoms with Crippen molar-refractivity contribution in [1.82, 2.24) is 4.90 Å². The molecule has 1 fully saturated rings. The van der Waals surface area contributed by atoms with E-state index in [4.69, 9.17) is 21.4 Å². The Morgan fingerprint density at radius 3 is 2.91 bits per heavy atom. The Labute approximate surface area is 128 Å². The fourth-order valence-electron chi connectivity index (χ4n) is 2.21. The molecule has 0 aliphatic carbocycles. The Hall–Kier alpha value is -2.68. The van der Waals surface area contributed by atoms with Gasteiger partial charge in [0.1, 0.15) is 13.2 Å². The van der Waals surface area contributed by atoms with Crippen LogP contribution in [-0.4, -0.2) is 42.8 Å². The number of azide groups is 1.